The number of nitrogens with one attached hydrogen (secondary N) is 2. The topological polar surface area (TPSA) is 131 Å². The molecule has 0 saturated heterocycles. The standard InChI is InChI=1S/C25H29F4N3O7S2/c1-23(2,31-40(34,35)17-10-11-17)21-14-32(41(36,37)18-8-5-15(26)6-9-18)19-13-16(7-12-20(19)38-21)30-22(33)39-24(3,4)25(27,28)29/h5-9,12-13,17,21,31H,10-11,14H2,1-4H3,(H,30,33). The van der Waals surface area contributed by atoms with E-state index < -0.39 is 67.2 Å². The van der Waals surface area contributed by atoms with Gasteiger partial charge in [-0.05, 0) is 83.0 Å². The highest BCUT2D eigenvalue weighted by Gasteiger charge is 2.51. The minimum Gasteiger partial charge on any atom is -0.484 e. The first-order valence-electron chi connectivity index (χ1n) is 12.4. The first-order valence-corrected chi connectivity index (χ1v) is 15.4. The van der Waals surface area contributed by atoms with Crippen LogP contribution in [0.4, 0.5) is 33.7 Å². The molecule has 1 amide bonds. The maximum atomic E-state index is 13.7. The van der Waals surface area contributed by atoms with E-state index in [1.807, 2.05) is 0 Å². The molecular formula is C25H29F4N3O7S2. The number of halogens is 4. The molecule has 2 aliphatic rings. The quantitative estimate of drug-likeness (QED) is 0.413. The molecule has 0 bridgehead atoms. The lowest BCUT2D eigenvalue weighted by molar-refractivity contribution is -0.242. The van der Waals surface area contributed by atoms with Crippen LogP contribution in [0.1, 0.15) is 40.5 Å². The van der Waals surface area contributed by atoms with Gasteiger partial charge < -0.3 is 9.47 Å². The fourth-order valence-electron chi connectivity index (χ4n) is 3.99. The molecule has 2 N–H and O–H groups in total. The van der Waals surface area contributed by atoms with Crippen LogP contribution in [0, 0.1) is 5.82 Å². The fraction of sp³-hybridized carbons (Fsp3) is 0.480. The zero-order chi connectivity index (χ0) is 30.6. The lowest BCUT2D eigenvalue weighted by Crippen LogP contribution is -2.60. The number of ether oxygens (including phenoxy) is 2. The van der Waals surface area contributed by atoms with Crippen molar-refractivity contribution >= 4 is 37.5 Å². The SMILES string of the molecule is CC(C)(NS(=O)(=O)C1CC1)C1CN(S(=O)(=O)c2ccc(F)cc2)c2cc(NC(=O)OC(C)(C)C(F)(F)F)ccc2O1. The van der Waals surface area contributed by atoms with Gasteiger partial charge in [-0.25, -0.2) is 30.7 Å². The predicted molar refractivity (Wildman–Crippen MR) is 141 cm³/mol. The van der Waals surface area contributed by atoms with E-state index in [1.165, 1.54) is 12.1 Å². The van der Waals surface area contributed by atoms with E-state index >= 15 is 0 Å². The lowest BCUT2D eigenvalue weighted by atomic mass is 9.97. The molecule has 2 aromatic rings. The molecule has 1 aliphatic heterocycles. The number of fused-ring (bicyclic) bond motifs is 1. The zero-order valence-electron chi connectivity index (χ0n) is 22.5. The molecule has 2 aromatic carbocycles. The van der Waals surface area contributed by atoms with Gasteiger partial charge in [0.15, 0.2) is 0 Å². The van der Waals surface area contributed by atoms with Gasteiger partial charge in [0.05, 0.1) is 27.9 Å². The second-order valence-corrected chi connectivity index (χ2v) is 14.7. The Morgan fingerprint density at radius 3 is 2.17 bits per heavy atom. The van der Waals surface area contributed by atoms with E-state index in [2.05, 4.69) is 14.8 Å². The summed E-state index contributed by atoms with van der Waals surface area (Å²) in [6.45, 7) is 4.02. The molecule has 226 valence electrons. The predicted octanol–water partition coefficient (Wildman–Crippen LogP) is 4.53. The molecular weight excluding hydrogens is 594 g/mol. The summed E-state index contributed by atoms with van der Waals surface area (Å²) in [7, 11) is -8.12. The number of nitrogens with zero attached hydrogens (tertiary/aromatic N) is 1. The number of benzene rings is 2. The summed E-state index contributed by atoms with van der Waals surface area (Å²) in [4.78, 5) is 12.0. The second kappa shape index (κ2) is 10.3. The Morgan fingerprint density at radius 2 is 1.61 bits per heavy atom. The monoisotopic (exact) mass is 623 g/mol. The van der Waals surface area contributed by atoms with Gasteiger partial charge in [-0.2, -0.15) is 13.2 Å². The van der Waals surface area contributed by atoms with Crippen molar-refractivity contribution in [2.75, 3.05) is 16.2 Å². The number of anilines is 2. The Morgan fingerprint density at radius 1 is 1.00 bits per heavy atom. The Kier molecular flexibility index (Phi) is 7.75. The largest absolute Gasteiger partial charge is 0.484 e. The molecule has 41 heavy (non-hydrogen) atoms. The van der Waals surface area contributed by atoms with Crippen LogP contribution < -0.4 is 19.1 Å². The van der Waals surface area contributed by atoms with Gasteiger partial charge >= 0.3 is 12.3 Å². The van der Waals surface area contributed by atoms with Crippen molar-refractivity contribution in [3.8, 4) is 5.75 Å². The van der Waals surface area contributed by atoms with E-state index in [0.29, 0.717) is 26.7 Å². The van der Waals surface area contributed by atoms with Crippen molar-refractivity contribution in [1.29, 1.82) is 0 Å². The van der Waals surface area contributed by atoms with Crippen molar-refractivity contribution in [1.82, 2.24) is 4.72 Å². The second-order valence-electron chi connectivity index (χ2n) is 10.9. The summed E-state index contributed by atoms with van der Waals surface area (Å²) in [5.41, 5.74) is -4.31. The van der Waals surface area contributed by atoms with Gasteiger partial charge in [0.25, 0.3) is 10.0 Å². The number of carbonyl (C=O) groups is 1. The van der Waals surface area contributed by atoms with Crippen LogP contribution in [0.15, 0.2) is 47.4 Å². The number of amides is 1. The third-order valence-corrected chi connectivity index (χ3v) is 10.6. The molecule has 1 heterocycles. The number of rotatable bonds is 8. The van der Waals surface area contributed by atoms with E-state index in [4.69, 9.17) is 4.74 Å². The molecule has 1 unspecified atom stereocenters. The zero-order valence-corrected chi connectivity index (χ0v) is 24.1. The summed E-state index contributed by atoms with van der Waals surface area (Å²) in [6.07, 6.45) is -6.33. The van der Waals surface area contributed by atoms with Crippen molar-refractivity contribution in [3.63, 3.8) is 0 Å². The van der Waals surface area contributed by atoms with Crippen LogP contribution in [0.5, 0.6) is 5.75 Å². The summed E-state index contributed by atoms with van der Waals surface area (Å²) in [5, 5.41) is 1.60. The average Bonchev–Trinajstić information content (AvgIpc) is 3.68. The normalized spacial score (nSPS) is 18.3. The minimum absolute atomic E-state index is 0.0137. The first kappa shape index (κ1) is 30.8. The molecule has 10 nitrogen and oxygen atoms in total. The van der Waals surface area contributed by atoms with Crippen LogP contribution in [-0.2, 0) is 24.8 Å². The van der Waals surface area contributed by atoms with Crippen molar-refractivity contribution in [2.45, 2.75) is 74.1 Å². The summed E-state index contributed by atoms with van der Waals surface area (Å²) in [5.74, 6) is -0.688. The summed E-state index contributed by atoms with van der Waals surface area (Å²) in [6, 6.07) is 7.71. The van der Waals surface area contributed by atoms with Gasteiger partial charge in [0.1, 0.15) is 17.7 Å². The molecule has 4 rings (SSSR count). The third-order valence-electron chi connectivity index (χ3n) is 6.68. The molecule has 0 aromatic heterocycles. The van der Waals surface area contributed by atoms with Crippen LogP contribution >= 0.6 is 0 Å². The van der Waals surface area contributed by atoms with Gasteiger partial charge in [-0.3, -0.25) is 9.62 Å². The van der Waals surface area contributed by atoms with Crippen LogP contribution in [0.25, 0.3) is 0 Å². The summed E-state index contributed by atoms with van der Waals surface area (Å²) < 4.78 is 120. The molecule has 1 atom stereocenters. The number of hydrogen-bond acceptors (Lipinski definition) is 7. The Labute approximate surface area is 235 Å². The van der Waals surface area contributed by atoms with Gasteiger partial charge in [0, 0.05) is 5.69 Å². The molecule has 1 fully saturated rings. The molecule has 1 saturated carbocycles. The van der Waals surface area contributed by atoms with E-state index in [9.17, 15) is 39.2 Å². The lowest BCUT2D eigenvalue weighted by Gasteiger charge is -2.42. The van der Waals surface area contributed by atoms with E-state index in [0.717, 1.165) is 34.6 Å². The molecule has 1 aliphatic carbocycles. The highest BCUT2D eigenvalue weighted by atomic mass is 32.2. The maximum absolute atomic E-state index is 13.7. The minimum atomic E-state index is -4.85. The van der Waals surface area contributed by atoms with Crippen LogP contribution in [0.2, 0.25) is 0 Å². The van der Waals surface area contributed by atoms with Gasteiger partial charge in [0.2, 0.25) is 15.6 Å². The Balaban J connectivity index is 1.70. The third kappa shape index (κ3) is 6.54. The van der Waals surface area contributed by atoms with Crippen LogP contribution in [-0.4, -0.2) is 58.1 Å². The average molecular weight is 624 g/mol. The number of carbonyl (C=O) groups excluding carboxylic acids is 1. The number of alkyl halides is 3. The first-order chi connectivity index (χ1) is 18.7. The number of sulfonamides is 2. The van der Waals surface area contributed by atoms with E-state index in [1.54, 1.807) is 13.8 Å². The highest BCUT2D eigenvalue weighted by molar-refractivity contribution is 7.92. The van der Waals surface area contributed by atoms with E-state index in [-0.39, 0.29) is 22.0 Å². The highest BCUT2D eigenvalue weighted by Crippen LogP contribution is 2.41. The van der Waals surface area contributed by atoms with Crippen molar-refractivity contribution in [3.05, 3.63) is 48.3 Å². The molecule has 0 radical (unpaired) electrons. The van der Waals surface area contributed by atoms with Crippen molar-refractivity contribution < 1.29 is 48.7 Å². The van der Waals surface area contributed by atoms with Gasteiger partial charge in [-0.1, -0.05) is 0 Å². The van der Waals surface area contributed by atoms with Gasteiger partial charge in [-0.15, -0.1) is 0 Å². The number of hydrogen-bond donors (Lipinski definition) is 2. The molecule has 0 spiro atoms. The Hall–Kier alpha value is -3.11. The Bertz CT molecular complexity index is 1540. The van der Waals surface area contributed by atoms with Crippen molar-refractivity contribution in [2.24, 2.45) is 0 Å². The maximum Gasteiger partial charge on any atom is 0.427 e. The fourth-order valence-corrected chi connectivity index (χ4v) is 7.25. The molecule has 16 heteroatoms. The smallest absolute Gasteiger partial charge is 0.427 e. The summed E-state index contributed by atoms with van der Waals surface area (Å²) >= 11 is 0. The van der Waals surface area contributed by atoms with Crippen LogP contribution in [0.3, 0.4) is 0 Å².